The lowest BCUT2D eigenvalue weighted by Crippen LogP contribution is -2.43. The van der Waals surface area contributed by atoms with Crippen LogP contribution in [0.1, 0.15) is 24.1 Å². The number of nitrogens with two attached hydrogens (primary N) is 1. The van der Waals surface area contributed by atoms with Crippen LogP contribution in [0, 0.1) is 12.8 Å². The zero-order valence-corrected chi connectivity index (χ0v) is 12.1. The Hall–Kier alpha value is -1.46. The smallest absolute Gasteiger partial charge is 0.224 e. The van der Waals surface area contributed by atoms with Crippen LogP contribution < -0.4 is 11.1 Å². The fourth-order valence-corrected chi connectivity index (χ4v) is 2.57. The number of carbonyl (C=O) groups is 1. The summed E-state index contributed by atoms with van der Waals surface area (Å²) in [6, 6.07) is 4.14. The van der Waals surface area contributed by atoms with E-state index in [-0.39, 0.29) is 11.8 Å². The first-order chi connectivity index (χ1) is 9.69. The first kappa shape index (κ1) is 14.9. The van der Waals surface area contributed by atoms with Crippen molar-refractivity contribution < 1.29 is 4.79 Å². The number of likely N-dealkylation sites (tertiary alicyclic amines) is 1. The second-order valence-electron chi connectivity index (χ2n) is 5.48. The highest BCUT2D eigenvalue weighted by Crippen LogP contribution is 2.18. The van der Waals surface area contributed by atoms with Gasteiger partial charge in [-0.1, -0.05) is 6.07 Å². The summed E-state index contributed by atoms with van der Waals surface area (Å²) in [6.45, 7) is 5.77. The molecule has 5 nitrogen and oxygen atoms in total. The molecule has 1 aromatic heterocycles. The molecule has 0 aliphatic carbocycles. The molecule has 1 amide bonds. The van der Waals surface area contributed by atoms with Crippen molar-refractivity contribution in [3.05, 3.63) is 29.6 Å². The molecule has 0 saturated carbocycles. The molecule has 2 heterocycles. The Morgan fingerprint density at radius 2 is 2.40 bits per heavy atom. The Morgan fingerprint density at radius 1 is 1.55 bits per heavy atom. The number of aromatic nitrogens is 1. The average Bonchev–Trinajstić information content (AvgIpc) is 2.47. The minimum absolute atomic E-state index is 0.0840. The van der Waals surface area contributed by atoms with E-state index in [0.717, 1.165) is 38.2 Å². The third-order valence-electron chi connectivity index (χ3n) is 3.68. The normalized spacial score (nSPS) is 19.8. The lowest BCUT2D eigenvalue weighted by Gasteiger charge is -2.31. The molecule has 1 aliphatic heterocycles. The highest BCUT2D eigenvalue weighted by molar-refractivity contribution is 5.78. The molecule has 0 spiro atoms. The van der Waals surface area contributed by atoms with Crippen molar-refractivity contribution in [3.8, 4) is 0 Å². The maximum atomic E-state index is 12.0. The van der Waals surface area contributed by atoms with Gasteiger partial charge in [-0.15, -0.1) is 0 Å². The van der Waals surface area contributed by atoms with Crippen molar-refractivity contribution in [2.24, 2.45) is 11.7 Å². The molecule has 1 aromatic rings. The summed E-state index contributed by atoms with van der Waals surface area (Å²) < 4.78 is 0. The standard InChI is InChI=1S/C15H24N4O/c1-12-4-5-14(18-9-12)11-19-8-2-3-13(10-19)15(20)17-7-6-16/h4-5,9,13H,2-3,6-8,10-11,16H2,1H3,(H,17,20). The second-order valence-corrected chi connectivity index (χ2v) is 5.48. The van der Waals surface area contributed by atoms with E-state index in [1.54, 1.807) is 0 Å². The van der Waals surface area contributed by atoms with Gasteiger partial charge in [0.05, 0.1) is 11.6 Å². The van der Waals surface area contributed by atoms with E-state index in [9.17, 15) is 4.79 Å². The molecule has 1 unspecified atom stereocenters. The van der Waals surface area contributed by atoms with E-state index in [1.807, 2.05) is 13.1 Å². The molecule has 0 radical (unpaired) electrons. The molecular formula is C15H24N4O. The number of hydrogen-bond donors (Lipinski definition) is 2. The molecule has 0 aromatic carbocycles. The molecule has 1 fully saturated rings. The summed E-state index contributed by atoms with van der Waals surface area (Å²) in [5, 5.41) is 2.89. The molecule has 20 heavy (non-hydrogen) atoms. The predicted octanol–water partition coefficient (Wildman–Crippen LogP) is 0.677. The quantitative estimate of drug-likeness (QED) is 0.829. The fourth-order valence-electron chi connectivity index (χ4n) is 2.57. The maximum absolute atomic E-state index is 12.0. The number of pyridine rings is 1. The third-order valence-corrected chi connectivity index (χ3v) is 3.68. The lowest BCUT2D eigenvalue weighted by atomic mass is 9.97. The largest absolute Gasteiger partial charge is 0.355 e. The average molecular weight is 276 g/mol. The topological polar surface area (TPSA) is 71.2 Å². The van der Waals surface area contributed by atoms with E-state index >= 15 is 0 Å². The predicted molar refractivity (Wildman–Crippen MR) is 79.0 cm³/mol. The number of amides is 1. The van der Waals surface area contributed by atoms with Crippen LogP contribution in [0.15, 0.2) is 18.3 Å². The Labute approximate surface area is 120 Å². The summed E-state index contributed by atoms with van der Waals surface area (Å²) in [5.74, 6) is 0.220. The van der Waals surface area contributed by atoms with Crippen LogP contribution in [0.2, 0.25) is 0 Å². The van der Waals surface area contributed by atoms with E-state index in [2.05, 4.69) is 27.3 Å². The van der Waals surface area contributed by atoms with Gasteiger partial charge < -0.3 is 11.1 Å². The van der Waals surface area contributed by atoms with Gasteiger partial charge in [0.25, 0.3) is 0 Å². The Kier molecular flexibility index (Phi) is 5.49. The van der Waals surface area contributed by atoms with E-state index < -0.39 is 0 Å². The summed E-state index contributed by atoms with van der Waals surface area (Å²) in [6.07, 6.45) is 3.92. The van der Waals surface area contributed by atoms with E-state index in [4.69, 9.17) is 5.73 Å². The van der Waals surface area contributed by atoms with Crippen LogP contribution in [0.5, 0.6) is 0 Å². The van der Waals surface area contributed by atoms with Crippen molar-refractivity contribution in [1.29, 1.82) is 0 Å². The number of hydrogen-bond acceptors (Lipinski definition) is 4. The summed E-state index contributed by atoms with van der Waals surface area (Å²) >= 11 is 0. The maximum Gasteiger partial charge on any atom is 0.224 e. The SMILES string of the molecule is Cc1ccc(CN2CCCC(C(=O)NCCN)C2)nc1. The molecule has 1 atom stereocenters. The number of carbonyl (C=O) groups excluding carboxylic acids is 1. The molecular weight excluding hydrogens is 252 g/mol. The molecule has 5 heteroatoms. The highest BCUT2D eigenvalue weighted by atomic mass is 16.1. The van der Waals surface area contributed by atoms with Crippen LogP contribution in [-0.2, 0) is 11.3 Å². The van der Waals surface area contributed by atoms with Gasteiger partial charge in [-0.25, -0.2) is 0 Å². The van der Waals surface area contributed by atoms with Crippen molar-refractivity contribution >= 4 is 5.91 Å². The zero-order valence-electron chi connectivity index (χ0n) is 12.1. The van der Waals surface area contributed by atoms with E-state index in [0.29, 0.717) is 13.1 Å². The molecule has 3 N–H and O–H groups in total. The fraction of sp³-hybridized carbons (Fsp3) is 0.600. The van der Waals surface area contributed by atoms with Crippen molar-refractivity contribution in [2.45, 2.75) is 26.3 Å². The molecule has 1 saturated heterocycles. The van der Waals surface area contributed by atoms with Gasteiger partial charge in [0, 0.05) is 32.4 Å². The van der Waals surface area contributed by atoms with Gasteiger partial charge in [0.1, 0.15) is 0 Å². The van der Waals surface area contributed by atoms with Crippen molar-refractivity contribution in [1.82, 2.24) is 15.2 Å². The van der Waals surface area contributed by atoms with Crippen LogP contribution in [-0.4, -0.2) is 42.0 Å². The van der Waals surface area contributed by atoms with Gasteiger partial charge in [0.2, 0.25) is 5.91 Å². The van der Waals surface area contributed by atoms with E-state index in [1.165, 1.54) is 5.56 Å². The van der Waals surface area contributed by atoms with Crippen LogP contribution in [0.4, 0.5) is 0 Å². The first-order valence-corrected chi connectivity index (χ1v) is 7.30. The van der Waals surface area contributed by atoms with Gasteiger partial charge in [0.15, 0.2) is 0 Å². The number of piperidine rings is 1. The molecule has 110 valence electrons. The first-order valence-electron chi connectivity index (χ1n) is 7.30. The van der Waals surface area contributed by atoms with Crippen molar-refractivity contribution in [2.75, 3.05) is 26.2 Å². The summed E-state index contributed by atoms with van der Waals surface area (Å²) in [7, 11) is 0. The number of nitrogens with one attached hydrogen (secondary N) is 1. The summed E-state index contributed by atoms with van der Waals surface area (Å²) in [5.41, 5.74) is 7.66. The lowest BCUT2D eigenvalue weighted by molar-refractivity contribution is -0.126. The summed E-state index contributed by atoms with van der Waals surface area (Å²) in [4.78, 5) is 18.7. The Morgan fingerprint density at radius 3 is 3.10 bits per heavy atom. The zero-order chi connectivity index (χ0) is 14.4. The number of nitrogens with zero attached hydrogens (tertiary/aromatic N) is 2. The monoisotopic (exact) mass is 276 g/mol. The van der Waals surface area contributed by atoms with Gasteiger partial charge in [-0.3, -0.25) is 14.7 Å². The van der Waals surface area contributed by atoms with Gasteiger partial charge >= 0.3 is 0 Å². The minimum atomic E-state index is 0.0840. The minimum Gasteiger partial charge on any atom is -0.355 e. The van der Waals surface area contributed by atoms with Crippen LogP contribution in [0.3, 0.4) is 0 Å². The number of aryl methyl sites for hydroxylation is 1. The van der Waals surface area contributed by atoms with Gasteiger partial charge in [-0.2, -0.15) is 0 Å². The highest BCUT2D eigenvalue weighted by Gasteiger charge is 2.25. The molecule has 0 bridgehead atoms. The Balaban J connectivity index is 1.86. The number of rotatable bonds is 5. The molecule has 1 aliphatic rings. The third kappa shape index (κ3) is 4.28. The second kappa shape index (κ2) is 7.36. The van der Waals surface area contributed by atoms with Crippen molar-refractivity contribution in [3.63, 3.8) is 0 Å². The van der Waals surface area contributed by atoms with Gasteiger partial charge in [-0.05, 0) is 37.9 Å². The molecule has 2 rings (SSSR count). The van der Waals surface area contributed by atoms with Crippen LogP contribution >= 0.6 is 0 Å². The Bertz CT molecular complexity index is 432. The van der Waals surface area contributed by atoms with Crippen LogP contribution in [0.25, 0.3) is 0 Å².